The fraction of sp³-hybridized carbons (Fsp3) is 0.632. The molecule has 0 aliphatic carbocycles. The van der Waals surface area contributed by atoms with Crippen LogP contribution < -0.4 is 9.47 Å². The minimum atomic E-state index is -0.471. The van der Waals surface area contributed by atoms with Gasteiger partial charge in [0.25, 0.3) is 0 Å². The van der Waals surface area contributed by atoms with Gasteiger partial charge in [0.15, 0.2) is 0 Å². The van der Waals surface area contributed by atoms with Gasteiger partial charge in [0.05, 0.1) is 11.5 Å². The van der Waals surface area contributed by atoms with Crippen LogP contribution in [0.3, 0.4) is 0 Å². The zero-order valence-electron chi connectivity index (χ0n) is 15.0. The van der Waals surface area contributed by atoms with Crippen molar-refractivity contribution in [3.63, 3.8) is 0 Å². The highest BCUT2D eigenvalue weighted by atomic mass is 16.5. The van der Waals surface area contributed by atoms with Crippen LogP contribution in [0.2, 0.25) is 0 Å². The molecule has 0 aromatic heterocycles. The molecule has 0 amide bonds. The SMILES string of the molecule is CC(C)CC(C)(C(=O)Oc1ccc(OC(C)C)cc1)C(C)C. The van der Waals surface area contributed by atoms with Gasteiger partial charge in [-0.2, -0.15) is 0 Å². The van der Waals surface area contributed by atoms with E-state index in [2.05, 4.69) is 27.7 Å². The highest BCUT2D eigenvalue weighted by molar-refractivity contribution is 5.79. The minimum absolute atomic E-state index is 0.128. The number of benzene rings is 1. The maximum absolute atomic E-state index is 12.6. The van der Waals surface area contributed by atoms with Crippen molar-refractivity contribution in [2.75, 3.05) is 0 Å². The van der Waals surface area contributed by atoms with Gasteiger partial charge in [-0.1, -0.05) is 27.7 Å². The predicted molar refractivity (Wildman–Crippen MR) is 90.2 cm³/mol. The maximum atomic E-state index is 12.6. The van der Waals surface area contributed by atoms with E-state index in [-0.39, 0.29) is 18.0 Å². The van der Waals surface area contributed by atoms with Crippen LogP contribution in [0.5, 0.6) is 11.5 Å². The number of ether oxygens (including phenoxy) is 2. The molecule has 1 unspecified atom stereocenters. The lowest BCUT2D eigenvalue weighted by Crippen LogP contribution is -2.38. The second-order valence-electron chi connectivity index (χ2n) is 7.20. The molecule has 1 aromatic carbocycles. The first-order valence-corrected chi connectivity index (χ1v) is 8.14. The monoisotopic (exact) mass is 306 g/mol. The van der Waals surface area contributed by atoms with Crippen LogP contribution in [0.4, 0.5) is 0 Å². The first kappa shape index (κ1) is 18.5. The molecular weight excluding hydrogens is 276 g/mol. The average molecular weight is 306 g/mol. The molecule has 0 spiro atoms. The van der Waals surface area contributed by atoms with Crippen molar-refractivity contribution in [3.8, 4) is 11.5 Å². The molecule has 3 heteroatoms. The second kappa shape index (κ2) is 7.66. The fourth-order valence-electron chi connectivity index (χ4n) is 2.48. The van der Waals surface area contributed by atoms with Crippen molar-refractivity contribution in [2.24, 2.45) is 17.3 Å². The van der Waals surface area contributed by atoms with Crippen LogP contribution in [0, 0.1) is 17.3 Å². The third-order valence-corrected chi connectivity index (χ3v) is 3.98. The zero-order chi connectivity index (χ0) is 16.9. The molecule has 0 radical (unpaired) electrons. The highest BCUT2D eigenvalue weighted by Crippen LogP contribution is 2.36. The van der Waals surface area contributed by atoms with E-state index < -0.39 is 5.41 Å². The molecule has 0 aliphatic rings. The zero-order valence-corrected chi connectivity index (χ0v) is 15.0. The van der Waals surface area contributed by atoms with Crippen molar-refractivity contribution in [1.29, 1.82) is 0 Å². The molecule has 0 heterocycles. The Hall–Kier alpha value is -1.51. The van der Waals surface area contributed by atoms with Gasteiger partial charge in [0.1, 0.15) is 11.5 Å². The van der Waals surface area contributed by atoms with Gasteiger partial charge in [0, 0.05) is 0 Å². The van der Waals surface area contributed by atoms with Crippen LogP contribution in [0.1, 0.15) is 54.9 Å². The topological polar surface area (TPSA) is 35.5 Å². The van der Waals surface area contributed by atoms with Gasteiger partial charge in [0.2, 0.25) is 0 Å². The van der Waals surface area contributed by atoms with E-state index in [1.165, 1.54) is 0 Å². The summed E-state index contributed by atoms with van der Waals surface area (Å²) in [6.45, 7) is 14.4. The van der Waals surface area contributed by atoms with Gasteiger partial charge in [-0.15, -0.1) is 0 Å². The Morgan fingerprint density at radius 3 is 1.91 bits per heavy atom. The average Bonchev–Trinajstić information content (AvgIpc) is 2.39. The Balaban J connectivity index is 2.81. The lowest BCUT2D eigenvalue weighted by atomic mass is 9.73. The van der Waals surface area contributed by atoms with Crippen LogP contribution in [0.25, 0.3) is 0 Å². The molecule has 3 nitrogen and oxygen atoms in total. The van der Waals surface area contributed by atoms with Gasteiger partial charge >= 0.3 is 5.97 Å². The Morgan fingerprint density at radius 1 is 1.00 bits per heavy atom. The molecule has 1 rings (SSSR count). The number of rotatable bonds is 7. The molecule has 22 heavy (non-hydrogen) atoms. The molecular formula is C19H30O3. The third kappa shape index (κ3) is 5.04. The van der Waals surface area contributed by atoms with E-state index in [0.717, 1.165) is 12.2 Å². The van der Waals surface area contributed by atoms with Crippen LogP contribution >= 0.6 is 0 Å². The van der Waals surface area contributed by atoms with E-state index in [4.69, 9.17) is 9.47 Å². The van der Waals surface area contributed by atoms with Crippen molar-refractivity contribution in [1.82, 2.24) is 0 Å². The van der Waals surface area contributed by atoms with Gasteiger partial charge in [-0.3, -0.25) is 4.79 Å². The summed E-state index contributed by atoms with van der Waals surface area (Å²) in [5.74, 6) is 1.86. The second-order valence-corrected chi connectivity index (χ2v) is 7.20. The lowest BCUT2D eigenvalue weighted by Gasteiger charge is -2.32. The standard InChI is InChI=1S/C19H30O3/c1-13(2)12-19(7,14(3)4)18(20)22-17-10-8-16(9-11-17)21-15(5)6/h8-11,13-15H,12H2,1-7H3. The summed E-state index contributed by atoms with van der Waals surface area (Å²) >= 11 is 0. The summed E-state index contributed by atoms with van der Waals surface area (Å²) < 4.78 is 11.2. The predicted octanol–water partition coefficient (Wildman–Crippen LogP) is 5.09. The number of carbonyl (C=O) groups excluding carboxylic acids is 1. The smallest absolute Gasteiger partial charge is 0.317 e. The van der Waals surface area contributed by atoms with Crippen molar-refractivity contribution in [3.05, 3.63) is 24.3 Å². The third-order valence-electron chi connectivity index (χ3n) is 3.98. The molecule has 1 atom stereocenters. The van der Waals surface area contributed by atoms with E-state index in [9.17, 15) is 4.79 Å². The molecule has 0 N–H and O–H groups in total. The maximum Gasteiger partial charge on any atom is 0.317 e. The molecule has 0 fully saturated rings. The number of hydrogen-bond donors (Lipinski definition) is 0. The van der Waals surface area contributed by atoms with Crippen molar-refractivity contribution in [2.45, 2.75) is 61.0 Å². The van der Waals surface area contributed by atoms with E-state index in [1.54, 1.807) is 12.1 Å². The van der Waals surface area contributed by atoms with Crippen molar-refractivity contribution >= 4 is 5.97 Å². The first-order chi connectivity index (χ1) is 10.1. The summed E-state index contributed by atoms with van der Waals surface area (Å²) in [4.78, 5) is 12.6. The molecule has 124 valence electrons. The number of hydrogen-bond acceptors (Lipinski definition) is 3. The minimum Gasteiger partial charge on any atom is -0.491 e. The number of esters is 1. The van der Waals surface area contributed by atoms with Gasteiger partial charge < -0.3 is 9.47 Å². The summed E-state index contributed by atoms with van der Waals surface area (Å²) in [5, 5.41) is 0. The molecule has 0 aliphatic heterocycles. The quantitative estimate of drug-likeness (QED) is 0.520. The largest absolute Gasteiger partial charge is 0.491 e. The van der Waals surface area contributed by atoms with Crippen LogP contribution in [0.15, 0.2) is 24.3 Å². The van der Waals surface area contributed by atoms with Crippen LogP contribution in [-0.2, 0) is 4.79 Å². The van der Waals surface area contributed by atoms with Crippen molar-refractivity contribution < 1.29 is 14.3 Å². The fourth-order valence-corrected chi connectivity index (χ4v) is 2.48. The summed E-state index contributed by atoms with van der Waals surface area (Å²) in [7, 11) is 0. The summed E-state index contributed by atoms with van der Waals surface area (Å²) in [6.07, 6.45) is 0.946. The Kier molecular flexibility index (Phi) is 6.46. The van der Waals surface area contributed by atoms with Gasteiger partial charge in [-0.25, -0.2) is 0 Å². The summed E-state index contributed by atoms with van der Waals surface area (Å²) in [6, 6.07) is 7.23. The van der Waals surface area contributed by atoms with E-state index in [0.29, 0.717) is 11.7 Å². The normalized spacial score (nSPS) is 14.3. The van der Waals surface area contributed by atoms with E-state index in [1.807, 2.05) is 32.9 Å². The van der Waals surface area contributed by atoms with Crippen LogP contribution in [-0.4, -0.2) is 12.1 Å². The molecule has 1 aromatic rings. The summed E-state index contributed by atoms with van der Waals surface area (Å²) in [5.41, 5.74) is -0.471. The Labute approximate surface area is 135 Å². The first-order valence-electron chi connectivity index (χ1n) is 8.14. The molecule has 0 saturated carbocycles. The Bertz CT molecular complexity index is 474. The molecule has 0 bridgehead atoms. The number of carbonyl (C=O) groups is 1. The van der Waals surface area contributed by atoms with E-state index >= 15 is 0 Å². The highest BCUT2D eigenvalue weighted by Gasteiger charge is 2.39. The van der Waals surface area contributed by atoms with Gasteiger partial charge in [-0.05, 0) is 63.3 Å². The lowest BCUT2D eigenvalue weighted by molar-refractivity contribution is -0.148. The Morgan fingerprint density at radius 2 is 1.50 bits per heavy atom. The molecule has 0 saturated heterocycles.